The Labute approximate surface area is 127 Å². The van der Waals surface area contributed by atoms with Gasteiger partial charge in [0.15, 0.2) is 11.6 Å². The number of nitrogen functional groups attached to an aromatic ring is 1. The third kappa shape index (κ3) is 2.14. The average molecular weight is 295 g/mol. The van der Waals surface area contributed by atoms with Crippen LogP contribution in [-0.2, 0) is 0 Å². The zero-order valence-corrected chi connectivity index (χ0v) is 12.1. The number of benzene rings is 1. The number of nitrogens with one attached hydrogen (secondary N) is 1. The molecule has 2 heterocycles. The Kier molecular flexibility index (Phi) is 3.10. The van der Waals surface area contributed by atoms with Crippen LogP contribution in [-0.4, -0.2) is 31.0 Å². The summed E-state index contributed by atoms with van der Waals surface area (Å²) >= 11 is 0. The second-order valence-corrected chi connectivity index (χ2v) is 5.58. The van der Waals surface area contributed by atoms with Gasteiger partial charge in [0.1, 0.15) is 17.5 Å². The molecule has 4 rings (SSSR count). The maximum atomic E-state index is 6.27. The minimum absolute atomic E-state index is 0.442. The number of fused-ring (bicyclic) bond motifs is 1. The molecule has 0 saturated heterocycles. The number of nitrogens with two attached hydrogens (primary N) is 1. The van der Waals surface area contributed by atoms with Crippen molar-refractivity contribution < 1.29 is 0 Å². The van der Waals surface area contributed by atoms with Gasteiger partial charge in [-0.15, -0.1) is 5.10 Å². The fourth-order valence-corrected chi connectivity index (χ4v) is 2.96. The van der Waals surface area contributed by atoms with E-state index in [2.05, 4.69) is 25.6 Å². The predicted molar refractivity (Wildman–Crippen MR) is 84.7 cm³/mol. The SMILES string of the molecule is Nc1c(NC2CCCC2)ncnc1-n1nnc2ccccc21. The van der Waals surface area contributed by atoms with Crippen molar-refractivity contribution in [3.63, 3.8) is 0 Å². The highest BCUT2D eigenvalue weighted by Gasteiger charge is 2.19. The van der Waals surface area contributed by atoms with E-state index in [0.717, 1.165) is 23.9 Å². The van der Waals surface area contributed by atoms with Crippen molar-refractivity contribution >= 4 is 22.5 Å². The quantitative estimate of drug-likeness (QED) is 0.768. The van der Waals surface area contributed by atoms with Gasteiger partial charge in [-0.1, -0.05) is 30.2 Å². The first kappa shape index (κ1) is 13.0. The van der Waals surface area contributed by atoms with E-state index in [1.165, 1.54) is 19.2 Å². The third-order valence-electron chi connectivity index (χ3n) is 4.11. The lowest BCUT2D eigenvalue weighted by molar-refractivity contribution is 0.747. The molecule has 0 unspecified atom stereocenters. The van der Waals surface area contributed by atoms with Crippen molar-refractivity contribution in [2.45, 2.75) is 31.7 Å². The van der Waals surface area contributed by atoms with Crippen LogP contribution in [0.2, 0.25) is 0 Å². The van der Waals surface area contributed by atoms with Gasteiger partial charge in [0.25, 0.3) is 0 Å². The lowest BCUT2D eigenvalue weighted by Crippen LogP contribution is -2.18. The van der Waals surface area contributed by atoms with Gasteiger partial charge in [0.05, 0.1) is 5.52 Å². The Bertz CT molecular complexity index is 805. The zero-order valence-electron chi connectivity index (χ0n) is 12.1. The molecule has 3 aromatic rings. The highest BCUT2D eigenvalue weighted by Crippen LogP contribution is 2.27. The molecule has 1 aliphatic carbocycles. The third-order valence-corrected chi connectivity index (χ3v) is 4.11. The zero-order chi connectivity index (χ0) is 14.9. The second kappa shape index (κ2) is 5.25. The van der Waals surface area contributed by atoms with Crippen molar-refractivity contribution in [3.8, 4) is 5.82 Å². The van der Waals surface area contributed by atoms with Gasteiger partial charge >= 0.3 is 0 Å². The fourth-order valence-electron chi connectivity index (χ4n) is 2.96. The number of hydrogen-bond donors (Lipinski definition) is 2. The molecule has 1 aromatic carbocycles. The van der Waals surface area contributed by atoms with E-state index < -0.39 is 0 Å². The first-order valence-corrected chi connectivity index (χ1v) is 7.51. The predicted octanol–water partition coefficient (Wildman–Crippen LogP) is 2.15. The Morgan fingerprint density at radius 3 is 2.82 bits per heavy atom. The van der Waals surface area contributed by atoms with Crippen LogP contribution in [0.5, 0.6) is 0 Å². The molecule has 1 saturated carbocycles. The molecule has 112 valence electrons. The summed E-state index contributed by atoms with van der Waals surface area (Å²) in [6.07, 6.45) is 6.34. The molecule has 2 aromatic heterocycles. The molecule has 0 bridgehead atoms. The normalized spacial score (nSPS) is 15.5. The lowest BCUT2D eigenvalue weighted by Gasteiger charge is -2.15. The van der Waals surface area contributed by atoms with Gasteiger partial charge in [-0.3, -0.25) is 0 Å². The Hall–Kier alpha value is -2.70. The first-order valence-electron chi connectivity index (χ1n) is 7.51. The van der Waals surface area contributed by atoms with Crippen molar-refractivity contribution in [2.24, 2.45) is 0 Å². The number of hydrogen-bond acceptors (Lipinski definition) is 6. The van der Waals surface area contributed by atoms with Crippen LogP contribution >= 0.6 is 0 Å². The van der Waals surface area contributed by atoms with E-state index in [1.54, 1.807) is 4.68 Å². The molecule has 7 nitrogen and oxygen atoms in total. The Morgan fingerprint density at radius 1 is 1.14 bits per heavy atom. The van der Waals surface area contributed by atoms with Crippen molar-refractivity contribution in [2.75, 3.05) is 11.1 Å². The molecule has 7 heteroatoms. The highest BCUT2D eigenvalue weighted by molar-refractivity contribution is 5.78. The van der Waals surface area contributed by atoms with E-state index in [4.69, 9.17) is 5.73 Å². The molecule has 22 heavy (non-hydrogen) atoms. The monoisotopic (exact) mass is 295 g/mol. The smallest absolute Gasteiger partial charge is 0.184 e. The topological polar surface area (TPSA) is 94.5 Å². The molecular formula is C15H17N7. The lowest BCUT2D eigenvalue weighted by atomic mass is 10.2. The van der Waals surface area contributed by atoms with Gasteiger partial charge in [0.2, 0.25) is 0 Å². The van der Waals surface area contributed by atoms with Crippen molar-refractivity contribution in [1.29, 1.82) is 0 Å². The van der Waals surface area contributed by atoms with Crippen LogP contribution < -0.4 is 11.1 Å². The summed E-state index contributed by atoms with van der Waals surface area (Å²) in [5.74, 6) is 1.24. The summed E-state index contributed by atoms with van der Waals surface area (Å²) in [6, 6.07) is 8.17. The van der Waals surface area contributed by atoms with Gasteiger partial charge in [-0.2, -0.15) is 4.68 Å². The average Bonchev–Trinajstić information content (AvgIpc) is 3.19. The molecule has 1 aliphatic rings. The molecule has 0 atom stereocenters. The highest BCUT2D eigenvalue weighted by atomic mass is 15.4. The summed E-state index contributed by atoms with van der Waals surface area (Å²) in [5, 5.41) is 11.7. The van der Waals surface area contributed by atoms with E-state index >= 15 is 0 Å². The number of anilines is 2. The first-order chi connectivity index (χ1) is 10.8. The van der Waals surface area contributed by atoms with Crippen molar-refractivity contribution in [1.82, 2.24) is 25.0 Å². The number of rotatable bonds is 3. The van der Waals surface area contributed by atoms with Crippen LogP contribution in [0.4, 0.5) is 11.5 Å². The standard InChI is InChI=1S/C15H17N7/c16-13-14(19-10-5-1-2-6-10)17-9-18-15(13)22-12-8-4-3-7-11(12)20-21-22/h3-4,7-10H,1-2,5-6,16H2,(H,17,18,19). The van der Waals surface area contributed by atoms with Gasteiger partial charge in [-0.25, -0.2) is 9.97 Å². The fraction of sp³-hybridized carbons (Fsp3) is 0.333. The summed E-state index contributed by atoms with van der Waals surface area (Å²) in [7, 11) is 0. The van der Waals surface area contributed by atoms with E-state index in [1.807, 2.05) is 24.3 Å². The van der Waals surface area contributed by atoms with E-state index in [-0.39, 0.29) is 0 Å². The number of nitrogens with zero attached hydrogens (tertiary/aromatic N) is 5. The molecule has 0 radical (unpaired) electrons. The molecule has 0 aliphatic heterocycles. The molecule has 1 fully saturated rings. The number of para-hydroxylation sites is 1. The van der Waals surface area contributed by atoms with Crippen LogP contribution in [0.15, 0.2) is 30.6 Å². The van der Waals surface area contributed by atoms with Crippen LogP contribution in [0.3, 0.4) is 0 Å². The molecular weight excluding hydrogens is 278 g/mol. The van der Waals surface area contributed by atoms with E-state index in [0.29, 0.717) is 23.4 Å². The second-order valence-electron chi connectivity index (χ2n) is 5.58. The molecule has 0 amide bonds. The minimum Gasteiger partial charge on any atom is -0.393 e. The van der Waals surface area contributed by atoms with E-state index in [9.17, 15) is 0 Å². The maximum Gasteiger partial charge on any atom is 0.184 e. The van der Waals surface area contributed by atoms with Crippen LogP contribution in [0.25, 0.3) is 16.9 Å². The van der Waals surface area contributed by atoms with Crippen LogP contribution in [0.1, 0.15) is 25.7 Å². The van der Waals surface area contributed by atoms with Gasteiger partial charge in [0, 0.05) is 6.04 Å². The maximum absolute atomic E-state index is 6.27. The van der Waals surface area contributed by atoms with Crippen molar-refractivity contribution in [3.05, 3.63) is 30.6 Å². The Balaban J connectivity index is 1.75. The Morgan fingerprint density at radius 2 is 1.95 bits per heavy atom. The van der Waals surface area contributed by atoms with Gasteiger partial charge in [-0.05, 0) is 25.0 Å². The number of aromatic nitrogens is 5. The van der Waals surface area contributed by atoms with Crippen LogP contribution in [0, 0.1) is 0 Å². The minimum atomic E-state index is 0.442. The summed E-state index contributed by atoms with van der Waals surface area (Å²) in [6.45, 7) is 0. The molecule has 0 spiro atoms. The summed E-state index contributed by atoms with van der Waals surface area (Å²) in [5.41, 5.74) is 8.46. The summed E-state index contributed by atoms with van der Waals surface area (Å²) in [4.78, 5) is 8.57. The van der Waals surface area contributed by atoms with Gasteiger partial charge < -0.3 is 11.1 Å². The molecule has 3 N–H and O–H groups in total. The summed E-state index contributed by atoms with van der Waals surface area (Å²) < 4.78 is 1.66. The largest absolute Gasteiger partial charge is 0.393 e.